The van der Waals surface area contributed by atoms with Gasteiger partial charge in [-0.05, 0) is 55.0 Å². The fraction of sp³-hybridized carbons (Fsp3) is 0.148. The molecule has 0 saturated carbocycles. The Bertz CT molecular complexity index is 1250. The number of amides is 1. The first-order valence-corrected chi connectivity index (χ1v) is 11.1. The molecule has 0 radical (unpaired) electrons. The van der Waals surface area contributed by atoms with Crippen molar-refractivity contribution in [3.05, 3.63) is 90.1 Å². The van der Waals surface area contributed by atoms with Crippen molar-refractivity contribution in [1.82, 2.24) is 5.32 Å². The standard InChI is InChI=1S/C27H28N6O/c1-18(17-31-27(29-2)33-24-14-15-30-23-11-7-6-10-21(23)24)26(34)32-25-16-20(12-13-22(25)28)19-8-4-3-5-9-19/h3-13,16-17,24,30H,2,14-15,28H2,1H3,(H,31,33)(H,32,34)/b18-17+. The van der Waals surface area contributed by atoms with E-state index in [-0.39, 0.29) is 11.9 Å². The fourth-order valence-electron chi connectivity index (χ4n) is 3.81. The number of nitrogens with two attached hydrogens (primary N) is 1. The van der Waals surface area contributed by atoms with Gasteiger partial charge in [-0.3, -0.25) is 4.79 Å². The molecule has 3 aromatic carbocycles. The number of aliphatic imine (C=N–C) groups is 2. The molecule has 4 rings (SSSR count). The average Bonchev–Trinajstić information content (AvgIpc) is 2.88. The highest BCUT2D eigenvalue weighted by atomic mass is 16.1. The van der Waals surface area contributed by atoms with E-state index in [1.807, 2.05) is 60.7 Å². The molecular weight excluding hydrogens is 424 g/mol. The van der Waals surface area contributed by atoms with Crippen molar-refractivity contribution >= 4 is 35.6 Å². The van der Waals surface area contributed by atoms with E-state index in [0.29, 0.717) is 22.9 Å². The van der Waals surface area contributed by atoms with E-state index in [9.17, 15) is 4.79 Å². The molecule has 7 heteroatoms. The summed E-state index contributed by atoms with van der Waals surface area (Å²) < 4.78 is 0. The number of para-hydroxylation sites is 1. The molecule has 3 aromatic rings. The maximum absolute atomic E-state index is 12.8. The van der Waals surface area contributed by atoms with E-state index >= 15 is 0 Å². The van der Waals surface area contributed by atoms with Crippen LogP contribution in [0, 0.1) is 0 Å². The van der Waals surface area contributed by atoms with Crippen LogP contribution < -0.4 is 21.7 Å². The Hall–Kier alpha value is -4.39. The van der Waals surface area contributed by atoms with Gasteiger partial charge in [-0.1, -0.05) is 54.6 Å². The molecule has 0 fully saturated rings. The largest absolute Gasteiger partial charge is 0.397 e. The minimum atomic E-state index is -0.295. The Morgan fingerprint density at radius 3 is 2.65 bits per heavy atom. The Morgan fingerprint density at radius 1 is 1.09 bits per heavy atom. The number of carbonyl (C=O) groups is 1. The molecule has 1 amide bonds. The first-order chi connectivity index (χ1) is 16.5. The van der Waals surface area contributed by atoms with Crippen LogP contribution in [0.2, 0.25) is 0 Å². The summed E-state index contributed by atoms with van der Waals surface area (Å²) in [5.74, 6) is 0.0655. The molecule has 34 heavy (non-hydrogen) atoms. The number of rotatable bonds is 5. The lowest BCUT2D eigenvalue weighted by atomic mass is 9.98. The third-order valence-electron chi connectivity index (χ3n) is 5.69. The summed E-state index contributed by atoms with van der Waals surface area (Å²) in [6.45, 7) is 6.16. The number of anilines is 3. The van der Waals surface area contributed by atoms with Crippen LogP contribution in [0.15, 0.2) is 94.6 Å². The summed E-state index contributed by atoms with van der Waals surface area (Å²) in [5.41, 5.74) is 11.8. The lowest BCUT2D eigenvalue weighted by molar-refractivity contribution is -0.112. The summed E-state index contributed by atoms with van der Waals surface area (Å²) in [7, 11) is 0. The molecule has 1 unspecified atom stereocenters. The minimum absolute atomic E-state index is 0.0600. The number of benzene rings is 3. The van der Waals surface area contributed by atoms with Crippen LogP contribution in [-0.2, 0) is 4.79 Å². The van der Waals surface area contributed by atoms with Crippen molar-refractivity contribution in [3.8, 4) is 11.1 Å². The molecule has 5 N–H and O–H groups in total. The van der Waals surface area contributed by atoms with Crippen molar-refractivity contribution in [2.45, 2.75) is 19.4 Å². The average molecular weight is 453 g/mol. The maximum Gasteiger partial charge on any atom is 0.252 e. The number of nitrogen functional groups attached to an aromatic ring is 1. The number of nitrogens with zero attached hydrogens (tertiary/aromatic N) is 2. The Labute approximate surface area is 199 Å². The van der Waals surface area contributed by atoms with E-state index in [0.717, 1.165) is 35.3 Å². The quantitative estimate of drug-likeness (QED) is 0.190. The van der Waals surface area contributed by atoms with Gasteiger partial charge in [0.25, 0.3) is 5.91 Å². The van der Waals surface area contributed by atoms with Gasteiger partial charge in [0.05, 0.1) is 17.4 Å². The van der Waals surface area contributed by atoms with Crippen LogP contribution in [0.1, 0.15) is 24.9 Å². The Morgan fingerprint density at radius 2 is 1.85 bits per heavy atom. The van der Waals surface area contributed by atoms with Crippen molar-refractivity contribution < 1.29 is 4.79 Å². The van der Waals surface area contributed by atoms with Crippen LogP contribution in [0.4, 0.5) is 17.1 Å². The van der Waals surface area contributed by atoms with Crippen LogP contribution in [-0.4, -0.2) is 25.1 Å². The van der Waals surface area contributed by atoms with E-state index in [4.69, 9.17) is 5.73 Å². The Balaban J connectivity index is 1.47. The second-order valence-corrected chi connectivity index (χ2v) is 8.04. The zero-order chi connectivity index (χ0) is 23.9. The summed E-state index contributed by atoms with van der Waals surface area (Å²) in [6.07, 6.45) is 2.36. The fourth-order valence-corrected chi connectivity index (χ4v) is 3.81. The summed E-state index contributed by atoms with van der Waals surface area (Å²) >= 11 is 0. The lowest BCUT2D eigenvalue weighted by Gasteiger charge is -2.27. The van der Waals surface area contributed by atoms with Gasteiger partial charge < -0.3 is 21.7 Å². The molecule has 7 nitrogen and oxygen atoms in total. The van der Waals surface area contributed by atoms with Crippen LogP contribution in [0.5, 0.6) is 0 Å². The molecule has 1 aliphatic rings. The summed E-state index contributed by atoms with van der Waals surface area (Å²) in [5, 5.41) is 9.59. The van der Waals surface area contributed by atoms with Gasteiger partial charge in [-0.15, -0.1) is 0 Å². The maximum atomic E-state index is 12.8. The Kier molecular flexibility index (Phi) is 7.03. The van der Waals surface area contributed by atoms with Crippen LogP contribution >= 0.6 is 0 Å². The zero-order valence-electron chi connectivity index (χ0n) is 19.1. The molecule has 1 aliphatic heterocycles. The molecular formula is C27H28N6O. The van der Waals surface area contributed by atoms with Gasteiger partial charge in [0, 0.05) is 24.0 Å². The molecule has 0 aromatic heterocycles. The van der Waals surface area contributed by atoms with Gasteiger partial charge in [0.1, 0.15) is 0 Å². The molecule has 172 valence electrons. The second-order valence-electron chi connectivity index (χ2n) is 8.04. The predicted molar refractivity (Wildman–Crippen MR) is 141 cm³/mol. The number of guanidine groups is 1. The highest BCUT2D eigenvalue weighted by Crippen LogP contribution is 2.29. The topological polar surface area (TPSA) is 104 Å². The number of fused-ring (bicyclic) bond motifs is 1. The smallest absolute Gasteiger partial charge is 0.252 e. The minimum Gasteiger partial charge on any atom is -0.397 e. The summed E-state index contributed by atoms with van der Waals surface area (Å²) in [6, 6.07) is 23.7. The van der Waals surface area contributed by atoms with E-state index < -0.39 is 0 Å². The van der Waals surface area contributed by atoms with Crippen molar-refractivity contribution in [2.24, 2.45) is 9.98 Å². The molecule has 1 heterocycles. The monoisotopic (exact) mass is 452 g/mol. The highest BCUT2D eigenvalue weighted by Gasteiger charge is 2.20. The predicted octanol–water partition coefficient (Wildman–Crippen LogP) is 4.98. The second kappa shape index (κ2) is 10.5. The highest BCUT2D eigenvalue weighted by molar-refractivity contribution is 6.05. The molecule has 0 aliphatic carbocycles. The first-order valence-electron chi connectivity index (χ1n) is 11.1. The van der Waals surface area contributed by atoms with Gasteiger partial charge in [0.2, 0.25) is 5.96 Å². The van der Waals surface area contributed by atoms with Gasteiger partial charge >= 0.3 is 0 Å². The third-order valence-corrected chi connectivity index (χ3v) is 5.69. The number of carbonyl (C=O) groups excluding carboxylic acids is 1. The number of nitrogens with one attached hydrogen (secondary N) is 3. The van der Waals surface area contributed by atoms with E-state index in [2.05, 4.69) is 38.7 Å². The summed E-state index contributed by atoms with van der Waals surface area (Å²) in [4.78, 5) is 21.2. The molecule has 0 saturated heterocycles. The van der Waals surface area contributed by atoms with E-state index in [1.54, 1.807) is 13.0 Å². The van der Waals surface area contributed by atoms with Gasteiger partial charge in [0.15, 0.2) is 0 Å². The van der Waals surface area contributed by atoms with Gasteiger partial charge in [-0.25, -0.2) is 9.98 Å². The van der Waals surface area contributed by atoms with Crippen molar-refractivity contribution in [2.75, 3.05) is 22.9 Å². The molecule has 0 bridgehead atoms. The number of hydrogen-bond acceptors (Lipinski definition) is 4. The first kappa shape index (κ1) is 22.8. The van der Waals surface area contributed by atoms with Crippen molar-refractivity contribution in [3.63, 3.8) is 0 Å². The molecule has 0 spiro atoms. The lowest BCUT2D eigenvalue weighted by Crippen LogP contribution is -2.31. The SMILES string of the molecule is C=N/C(=N\C=C(/C)C(=O)Nc1cc(-c2ccccc2)ccc1N)NC1CCNc2ccccc21. The van der Waals surface area contributed by atoms with Gasteiger partial charge in [-0.2, -0.15) is 0 Å². The third kappa shape index (κ3) is 5.32. The van der Waals surface area contributed by atoms with Crippen molar-refractivity contribution in [1.29, 1.82) is 0 Å². The normalized spacial score (nSPS) is 15.6. The van der Waals surface area contributed by atoms with Crippen LogP contribution in [0.25, 0.3) is 11.1 Å². The van der Waals surface area contributed by atoms with E-state index in [1.165, 1.54) is 6.20 Å². The number of hydrogen-bond donors (Lipinski definition) is 4. The molecule has 1 atom stereocenters. The van der Waals surface area contributed by atoms with Crippen LogP contribution in [0.3, 0.4) is 0 Å². The zero-order valence-corrected chi connectivity index (χ0v) is 19.1.